The van der Waals surface area contributed by atoms with Gasteiger partial charge in [-0.1, -0.05) is 0 Å². The molecule has 2 rings (SSSR count). The molecule has 15 heavy (non-hydrogen) atoms. The van der Waals surface area contributed by atoms with Crippen LogP contribution in [0.5, 0.6) is 0 Å². The molecule has 2 aromatic heterocycles. The molecule has 0 unspecified atom stereocenters. The van der Waals surface area contributed by atoms with Gasteiger partial charge in [-0.2, -0.15) is 0 Å². The van der Waals surface area contributed by atoms with Gasteiger partial charge in [0.1, 0.15) is 0 Å². The number of hydrogen-bond acceptors (Lipinski definition) is 4. The van der Waals surface area contributed by atoms with Crippen LogP contribution in [0.4, 0.5) is 0 Å². The van der Waals surface area contributed by atoms with Crippen LogP contribution in [0.25, 0.3) is 0 Å². The maximum atomic E-state index is 11.7. The van der Waals surface area contributed by atoms with E-state index in [1.54, 1.807) is 23.5 Å². The van der Waals surface area contributed by atoms with Crippen LogP contribution >= 0.6 is 27.3 Å². The average molecular weight is 286 g/mol. The molecular formula is C10H8BrNO2S. The van der Waals surface area contributed by atoms with E-state index in [1.165, 1.54) is 0 Å². The first-order valence-electron chi connectivity index (χ1n) is 4.34. The van der Waals surface area contributed by atoms with Crippen molar-refractivity contribution in [3.05, 3.63) is 38.6 Å². The van der Waals surface area contributed by atoms with Crippen LogP contribution in [0.2, 0.25) is 0 Å². The molecule has 5 heteroatoms. The summed E-state index contributed by atoms with van der Waals surface area (Å²) in [5.74, 6) is 0.318. The van der Waals surface area contributed by atoms with E-state index in [2.05, 4.69) is 20.9 Å². The molecule has 0 radical (unpaired) electrons. The third kappa shape index (κ3) is 2.54. The highest BCUT2D eigenvalue weighted by Crippen LogP contribution is 2.16. The van der Waals surface area contributed by atoms with Crippen molar-refractivity contribution in [2.24, 2.45) is 0 Å². The van der Waals surface area contributed by atoms with Crippen LogP contribution in [-0.2, 0) is 6.42 Å². The second-order valence-electron chi connectivity index (χ2n) is 3.06. The van der Waals surface area contributed by atoms with Crippen LogP contribution in [-0.4, -0.2) is 10.8 Å². The number of aromatic nitrogens is 1. The zero-order valence-corrected chi connectivity index (χ0v) is 10.4. The number of hydrogen-bond donors (Lipinski definition) is 0. The average Bonchev–Trinajstić information content (AvgIpc) is 2.75. The van der Waals surface area contributed by atoms with Crippen molar-refractivity contribution >= 4 is 33.0 Å². The summed E-state index contributed by atoms with van der Waals surface area (Å²) in [6.07, 6.45) is 0.296. The molecule has 0 saturated heterocycles. The largest absolute Gasteiger partial charge is 0.446 e. The molecule has 3 nitrogen and oxygen atoms in total. The van der Waals surface area contributed by atoms with Gasteiger partial charge in [0.25, 0.3) is 0 Å². The summed E-state index contributed by atoms with van der Waals surface area (Å²) < 4.78 is 5.74. The fourth-order valence-electron chi connectivity index (χ4n) is 1.21. The van der Waals surface area contributed by atoms with Crippen LogP contribution in [0.1, 0.15) is 21.3 Å². The molecule has 78 valence electrons. The Hall–Kier alpha value is -0.940. The van der Waals surface area contributed by atoms with E-state index in [4.69, 9.17) is 4.42 Å². The van der Waals surface area contributed by atoms with Gasteiger partial charge in [0.15, 0.2) is 10.4 Å². The lowest BCUT2D eigenvalue weighted by Crippen LogP contribution is -2.02. The van der Waals surface area contributed by atoms with Crippen molar-refractivity contribution in [2.75, 3.05) is 0 Å². The minimum Gasteiger partial charge on any atom is -0.446 e. The van der Waals surface area contributed by atoms with E-state index in [1.807, 2.05) is 12.3 Å². The lowest BCUT2D eigenvalue weighted by atomic mass is 10.2. The van der Waals surface area contributed by atoms with Crippen LogP contribution in [0, 0.1) is 6.92 Å². The van der Waals surface area contributed by atoms with Crippen LogP contribution in [0.15, 0.2) is 26.6 Å². The molecule has 0 bridgehead atoms. The molecule has 0 aromatic carbocycles. The predicted octanol–water partition coefficient (Wildman–Crippen LogP) is 3.23. The third-order valence-corrected chi connectivity index (χ3v) is 3.10. The van der Waals surface area contributed by atoms with E-state index in [0.717, 1.165) is 10.7 Å². The van der Waals surface area contributed by atoms with E-state index in [-0.39, 0.29) is 5.78 Å². The van der Waals surface area contributed by atoms with E-state index < -0.39 is 0 Å². The van der Waals surface area contributed by atoms with E-state index in [0.29, 0.717) is 16.9 Å². The van der Waals surface area contributed by atoms with Gasteiger partial charge in [-0.15, -0.1) is 11.3 Å². The van der Waals surface area contributed by atoms with E-state index in [9.17, 15) is 4.79 Å². The van der Waals surface area contributed by atoms with Crippen molar-refractivity contribution in [2.45, 2.75) is 13.3 Å². The molecule has 0 N–H and O–H groups in total. The molecular weight excluding hydrogens is 278 g/mol. The highest BCUT2D eigenvalue weighted by atomic mass is 79.9. The number of Topliss-reactive ketones (excluding diaryl/α,β-unsaturated/α-hetero) is 1. The number of halogens is 1. The number of thiazole rings is 1. The standard InChI is InChI=1S/C10H8BrNO2S/c1-6-12-7(5-15-6)4-8(13)9-2-3-10(11)14-9/h2-3,5H,4H2,1H3. The minimum absolute atomic E-state index is 0.0500. The Balaban J connectivity index is 2.10. The Labute approximate surface area is 99.3 Å². The lowest BCUT2D eigenvalue weighted by molar-refractivity contribution is 0.0964. The molecule has 0 atom stereocenters. The van der Waals surface area contributed by atoms with Gasteiger partial charge in [-0.05, 0) is 35.0 Å². The van der Waals surface area contributed by atoms with E-state index >= 15 is 0 Å². The normalized spacial score (nSPS) is 10.5. The quantitative estimate of drug-likeness (QED) is 0.813. The molecule has 2 heterocycles. The Morgan fingerprint density at radius 3 is 2.93 bits per heavy atom. The number of ketones is 1. The minimum atomic E-state index is -0.0500. The molecule has 0 aliphatic rings. The van der Waals surface area contributed by atoms with Gasteiger partial charge in [0, 0.05) is 5.38 Å². The van der Waals surface area contributed by atoms with Gasteiger partial charge in [0.05, 0.1) is 17.1 Å². The number of furan rings is 1. The third-order valence-electron chi connectivity index (χ3n) is 1.86. The zero-order valence-electron chi connectivity index (χ0n) is 7.99. The first-order valence-corrected chi connectivity index (χ1v) is 6.02. The predicted molar refractivity (Wildman–Crippen MR) is 61.3 cm³/mol. The highest BCUT2D eigenvalue weighted by molar-refractivity contribution is 9.10. The van der Waals surface area contributed by atoms with Gasteiger partial charge >= 0.3 is 0 Å². The topological polar surface area (TPSA) is 43.1 Å². The summed E-state index contributed by atoms with van der Waals surface area (Å²) in [6, 6.07) is 3.37. The van der Waals surface area contributed by atoms with Gasteiger partial charge < -0.3 is 4.42 Å². The summed E-state index contributed by atoms with van der Waals surface area (Å²) >= 11 is 4.70. The van der Waals surface area contributed by atoms with Crippen molar-refractivity contribution in [1.82, 2.24) is 4.98 Å². The van der Waals surface area contributed by atoms with Gasteiger partial charge in [0.2, 0.25) is 5.78 Å². The maximum Gasteiger partial charge on any atom is 0.204 e. The van der Waals surface area contributed by atoms with Crippen LogP contribution < -0.4 is 0 Å². The summed E-state index contributed by atoms with van der Waals surface area (Å²) in [6.45, 7) is 1.92. The molecule has 0 spiro atoms. The van der Waals surface area contributed by atoms with Crippen molar-refractivity contribution in [3.8, 4) is 0 Å². The second kappa shape index (κ2) is 4.28. The monoisotopic (exact) mass is 285 g/mol. The Morgan fingerprint density at radius 1 is 1.60 bits per heavy atom. The number of carbonyl (C=O) groups is 1. The molecule has 0 aliphatic heterocycles. The van der Waals surface area contributed by atoms with Gasteiger partial charge in [-0.3, -0.25) is 4.79 Å². The van der Waals surface area contributed by atoms with Crippen molar-refractivity contribution < 1.29 is 9.21 Å². The number of aryl methyl sites for hydroxylation is 1. The number of carbonyl (C=O) groups excluding carboxylic acids is 1. The summed E-state index contributed by atoms with van der Waals surface area (Å²) in [5, 5.41) is 2.86. The van der Waals surface area contributed by atoms with Crippen molar-refractivity contribution in [1.29, 1.82) is 0 Å². The SMILES string of the molecule is Cc1nc(CC(=O)c2ccc(Br)o2)cs1. The highest BCUT2D eigenvalue weighted by Gasteiger charge is 2.12. The molecule has 0 saturated carbocycles. The fraction of sp³-hybridized carbons (Fsp3) is 0.200. The van der Waals surface area contributed by atoms with Gasteiger partial charge in [-0.25, -0.2) is 4.98 Å². The van der Waals surface area contributed by atoms with Crippen molar-refractivity contribution in [3.63, 3.8) is 0 Å². The Morgan fingerprint density at radius 2 is 2.40 bits per heavy atom. The molecule has 0 amide bonds. The molecule has 0 fully saturated rings. The second-order valence-corrected chi connectivity index (χ2v) is 4.91. The smallest absolute Gasteiger partial charge is 0.204 e. The Kier molecular flexibility index (Phi) is 3.02. The summed E-state index contributed by atoms with van der Waals surface area (Å²) in [5.41, 5.74) is 0.801. The summed E-state index contributed by atoms with van der Waals surface area (Å²) in [7, 11) is 0. The number of nitrogens with zero attached hydrogens (tertiary/aromatic N) is 1. The molecule has 2 aromatic rings. The fourth-order valence-corrected chi connectivity index (χ4v) is 2.12. The first kappa shape index (κ1) is 10.6. The number of rotatable bonds is 3. The first-order chi connectivity index (χ1) is 7.15. The van der Waals surface area contributed by atoms with Crippen LogP contribution in [0.3, 0.4) is 0 Å². The Bertz CT molecular complexity index is 489. The lowest BCUT2D eigenvalue weighted by Gasteiger charge is -1.93. The zero-order chi connectivity index (χ0) is 10.8. The maximum absolute atomic E-state index is 11.7. The summed E-state index contributed by atoms with van der Waals surface area (Å²) in [4.78, 5) is 15.9. The molecule has 0 aliphatic carbocycles.